The number of epoxide rings is 2. The van der Waals surface area contributed by atoms with E-state index in [1.807, 2.05) is 7.11 Å². The largest absolute Gasteiger partial charge is 0.381 e. The Balaban J connectivity index is 1.74. The molecular weight excluding hydrogens is 240 g/mol. The van der Waals surface area contributed by atoms with Crippen molar-refractivity contribution in [2.45, 2.75) is 69.9 Å². The molecule has 0 N–H and O–H groups in total. The van der Waals surface area contributed by atoms with Crippen molar-refractivity contribution in [3.8, 4) is 0 Å². The van der Waals surface area contributed by atoms with E-state index in [9.17, 15) is 0 Å². The van der Waals surface area contributed by atoms with E-state index < -0.39 is 0 Å². The van der Waals surface area contributed by atoms with Gasteiger partial charge in [0.25, 0.3) is 0 Å². The summed E-state index contributed by atoms with van der Waals surface area (Å²) >= 11 is 0. The second kappa shape index (κ2) is 4.57. The van der Waals surface area contributed by atoms with Gasteiger partial charge in [0.15, 0.2) is 0 Å². The molecule has 0 radical (unpaired) electrons. The molecule has 3 aliphatic rings. The molecule has 0 bridgehead atoms. The first-order valence-electron chi connectivity index (χ1n) is 7.50. The number of hydrogen-bond donors (Lipinski definition) is 0. The molecule has 3 unspecified atom stereocenters. The smallest absolute Gasteiger partial charge is 0.100 e. The molecule has 1 aliphatic carbocycles. The summed E-state index contributed by atoms with van der Waals surface area (Å²) in [5.74, 6) is 0.398. The predicted octanol–water partition coefficient (Wildman–Crippen LogP) is 3.08. The fourth-order valence-corrected chi connectivity index (χ4v) is 4.00. The summed E-state index contributed by atoms with van der Waals surface area (Å²) in [5.41, 5.74) is 1.37. The van der Waals surface area contributed by atoms with E-state index in [4.69, 9.17) is 14.2 Å². The summed E-state index contributed by atoms with van der Waals surface area (Å²) in [6, 6.07) is 0. The molecule has 1 saturated carbocycles. The number of hydrogen-bond acceptors (Lipinski definition) is 3. The van der Waals surface area contributed by atoms with E-state index in [1.165, 1.54) is 18.4 Å². The zero-order valence-corrected chi connectivity index (χ0v) is 12.6. The molecule has 19 heavy (non-hydrogen) atoms. The average molecular weight is 266 g/mol. The van der Waals surface area contributed by atoms with Gasteiger partial charge < -0.3 is 14.2 Å². The zero-order valence-electron chi connectivity index (χ0n) is 12.6. The number of ether oxygens (including phenoxy) is 3. The van der Waals surface area contributed by atoms with Crippen molar-refractivity contribution in [1.82, 2.24) is 0 Å². The Hall–Kier alpha value is -0.380. The van der Waals surface area contributed by atoms with Gasteiger partial charge in [-0.3, -0.25) is 0 Å². The van der Waals surface area contributed by atoms with Crippen LogP contribution in [0.5, 0.6) is 0 Å². The monoisotopic (exact) mass is 266 g/mol. The molecule has 108 valence electrons. The third-order valence-corrected chi connectivity index (χ3v) is 5.18. The Morgan fingerprint density at radius 3 is 2.74 bits per heavy atom. The van der Waals surface area contributed by atoms with Gasteiger partial charge >= 0.3 is 0 Å². The standard InChI is InChI=1S/C16H26O3/c1-11(2)7-8-13-15(3,19-13)14-12(17-4)6-5-9-16(14)10-18-16/h7,12-14H,5-6,8-10H2,1-4H3/t12-,13?,14?,15?,16+/m1/s1. The van der Waals surface area contributed by atoms with Crippen LogP contribution in [0.1, 0.15) is 46.5 Å². The molecule has 1 spiro atoms. The number of allylic oxidation sites excluding steroid dienone is 1. The summed E-state index contributed by atoms with van der Waals surface area (Å²) in [6.07, 6.45) is 7.45. The second-order valence-corrected chi connectivity index (χ2v) is 6.81. The fourth-order valence-electron chi connectivity index (χ4n) is 4.00. The Morgan fingerprint density at radius 1 is 1.42 bits per heavy atom. The van der Waals surface area contributed by atoms with Gasteiger partial charge in [0.2, 0.25) is 0 Å². The van der Waals surface area contributed by atoms with Gasteiger partial charge in [-0.1, -0.05) is 11.6 Å². The number of rotatable bonds is 4. The van der Waals surface area contributed by atoms with Crippen molar-refractivity contribution in [2.24, 2.45) is 5.92 Å². The van der Waals surface area contributed by atoms with Gasteiger partial charge in [-0.2, -0.15) is 0 Å². The lowest BCUT2D eigenvalue weighted by Gasteiger charge is -2.38. The molecule has 3 nitrogen and oxygen atoms in total. The van der Waals surface area contributed by atoms with Crippen molar-refractivity contribution < 1.29 is 14.2 Å². The van der Waals surface area contributed by atoms with Crippen molar-refractivity contribution >= 4 is 0 Å². The molecule has 5 atom stereocenters. The van der Waals surface area contributed by atoms with Crippen molar-refractivity contribution in [2.75, 3.05) is 13.7 Å². The maximum Gasteiger partial charge on any atom is 0.100 e. The quantitative estimate of drug-likeness (QED) is 0.579. The third-order valence-electron chi connectivity index (χ3n) is 5.18. The van der Waals surface area contributed by atoms with Crippen LogP contribution < -0.4 is 0 Å². The highest BCUT2D eigenvalue weighted by molar-refractivity contribution is 5.19. The summed E-state index contributed by atoms with van der Waals surface area (Å²) in [7, 11) is 1.83. The van der Waals surface area contributed by atoms with E-state index in [1.54, 1.807) is 0 Å². The van der Waals surface area contributed by atoms with Crippen LogP contribution >= 0.6 is 0 Å². The molecule has 0 aromatic carbocycles. The summed E-state index contributed by atoms with van der Waals surface area (Å²) < 4.78 is 17.7. The van der Waals surface area contributed by atoms with Crippen LogP contribution in [0, 0.1) is 5.92 Å². The van der Waals surface area contributed by atoms with Gasteiger partial charge in [-0.15, -0.1) is 0 Å². The molecule has 2 heterocycles. The van der Waals surface area contributed by atoms with Crippen LogP contribution in [0.4, 0.5) is 0 Å². The lowest BCUT2D eigenvalue weighted by Crippen LogP contribution is -2.48. The topological polar surface area (TPSA) is 34.3 Å². The molecule has 3 rings (SSSR count). The van der Waals surface area contributed by atoms with E-state index in [0.29, 0.717) is 12.0 Å². The predicted molar refractivity (Wildman–Crippen MR) is 74.1 cm³/mol. The van der Waals surface area contributed by atoms with Gasteiger partial charge in [-0.25, -0.2) is 0 Å². The Bertz CT molecular complexity index is 381. The summed E-state index contributed by atoms with van der Waals surface area (Å²) in [6.45, 7) is 7.43. The lowest BCUT2D eigenvalue weighted by atomic mass is 9.69. The first-order valence-corrected chi connectivity index (χ1v) is 7.50. The first kappa shape index (κ1) is 13.6. The molecule has 3 fully saturated rings. The fraction of sp³-hybridized carbons (Fsp3) is 0.875. The van der Waals surface area contributed by atoms with E-state index >= 15 is 0 Å². The summed E-state index contributed by atoms with van der Waals surface area (Å²) in [4.78, 5) is 0. The molecular formula is C16H26O3. The van der Waals surface area contributed by atoms with Crippen LogP contribution in [-0.4, -0.2) is 37.1 Å². The Morgan fingerprint density at radius 2 is 2.16 bits per heavy atom. The number of methoxy groups -OCH3 is 1. The maximum absolute atomic E-state index is 6.10. The van der Waals surface area contributed by atoms with Gasteiger partial charge in [0, 0.05) is 13.0 Å². The molecule has 3 heteroatoms. The lowest BCUT2D eigenvalue weighted by molar-refractivity contribution is -0.0492. The average Bonchev–Trinajstić information content (AvgIpc) is 3.26. The van der Waals surface area contributed by atoms with E-state index in [0.717, 1.165) is 19.4 Å². The SMILES string of the molecule is CO[C@@H]1CCC[C@]2(CO2)C1C1(C)OC1CC=C(C)C. The minimum Gasteiger partial charge on any atom is -0.381 e. The van der Waals surface area contributed by atoms with Crippen LogP contribution in [0.25, 0.3) is 0 Å². The van der Waals surface area contributed by atoms with E-state index in [2.05, 4.69) is 26.8 Å². The Kier molecular flexibility index (Phi) is 3.27. The van der Waals surface area contributed by atoms with Crippen LogP contribution in [0.15, 0.2) is 11.6 Å². The van der Waals surface area contributed by atoms with Crippen molar-refractivity contribution in [1.29, 1.82) is 0 Å². The third kappa shape index (κ3) is 2.26. The van der Waals surface area contributed by atoms with Gasteiger partial charge in [0.1, 0.15) is 5.60 Å². The van der Waals surface area contributed by atoms with Crippen molar-refractivity contribution in [3.63, 3.8) is 0 Å². The highest BCUT2D eigenvalue weighted by Gasteiger charge is 2.70. The molecule has 0 amide bonds. The summed E-state index contributed by atoms with van der Waals surface area (Å²) in [5, 5.41) is 0. The minimum atomic E-state index is -0.0520. The first-order chi connectivity index (χ1) is 9.02. The highest BCUT2D eigenvalue weighted by atomic mass is 16.6. The van der Waals surface area contributed by atoms with Crippen molar-refractivity contribution in [3.05, 3.63) is 11.6 Å². The second-order valence-electron chi connectivity index (χ2n) is 6.81. The van der Waals surface area contributed by atoms with Gasteiger partial charge in [0.05, 0.1) is 24.4 Å². The molecule has 0 aromatic heterocycles. The molecule has 0 aromatic rings. The Labute approximate surface area is 116 Å². The minimum absolute atomic E-state index is 0.0520. The van der Waals surface area contributed by atoms with Crippen LogP contribution in [0.2, 0.25) is 0 Å². The normalized spacial score (nSPS) is 48.1. The van der Waals surface area contributed by atoms with E-state index in [-0.39, 0.29) is 17.3 Å². The van der Waals surface area contributed by atoms with Crippen LogP contribution in [-0.2, 0) is 14.2 Å². The zero-order chi connectivity index (χ0) is 13.7. The van der Waals surface area contributed by atoms with Crippen LogP contribution in [0.3, 0.4) is 0 Å². The van der Waals surface area contributed by atoms with Gasteiger partial charge in [-0.05, 0) is 46.5 Å². The highest BCUT2D eigenvalue weighted by Crippen LogP contribution is 2.59. The maximum atomic E-state index is 6.10. The molecule has 2 saturated heterocycles. The molecule has 2 aliphatic heterocycles.